The van der Waals surface area contributed by atoms with Gasteiger partial charge in [-0.2, -0.15) is 0 Å². The highest BCUT2D eigenvalue weighted by molar-refractivity contribution is 6.16. The molecule has 1 atom stereocenters. The van der Waals surface area contributed by atoms with Crippen LogP contribution in [0.1, 0.15) is 24.4 Å². The molecule has 0 saturated heterocycles. The van der Waals surface area contributed by atoms with E-state index in [9.17, 15) is 4.39 Å². The number of imidazole rings is 2. The van der Waals surface area contributed by atoms with E-state index in [1.165, 1.54) is 6.07 Å². The molecule has 6 heteroatoms. The van der Waals surface area contributed by atoms with Gasteiger partial charge in [-0.25, -0.2) is 14.4 Å². The van der Waals surface area contributed by atoms with Crippen molar-refractivity contribution in [3.63, 3.8) is 0 Å². The minimum absolute atomic E-state index is 0.141. The first-order chi connectivity index (χ1) is 10.1. The minimum atomic E-state index is -0.240. The maximum absolute atomic E-state index is 13.7. The van der Waals surface area contributed by atoms with Gasteiger partial charge in [0.15, 0.2) is 0 Å². The average Bonchev–Trinajstić information content (AvgIpc) is 3.06. The number of fused-ring (bicyclic) bond motifs is 1. The predicted octanol–water partition coefficient (Wildman–Crippen LogP) is 3.68. The molecule has 2 aromatic heterocycles. The number of aryl methyl sites for hydroxylation is 1. The average molecular weight is 307 g/mol. The Labute approximate surface area is 127 Å². The fourth-order valence-electron chi connectivity index (χ4n) is 2.64. The smallest absolute Gasteiger partial charge is 0.128 e. The molecule has 0 spiro atoms. The summed E-state index contributed by atoms with van der Waals surface area (Å²) in [6.07, 6.45) is 5.45. The van der Waals surface area contributed by atoms with Crippen molar-refractivity contribution in [3.05, 3.63) is 48.1 Å². The van der Waals surface area contributed by atoms with Crippen LogP contribution in [-0.2, 0) is 12.4 Å². The minimum Gasteiger partial charge on any atom is -0.335 e. The van der Waals surface area contributed by atoms with Crippen LogP contribution in [0.2, 0.25) is 0 Å². The molecule has 1 unspecified atom stereocenters. The first-order valence-corrected chi connectivity index (χ1v) is 7.32. The summed E-state index contributed by atoms with van der Waals surface area (Å²) in [5.74, 6) is 0.809. The molecule has 110 valence electrons. The highest BCUT2D eigenvalue weighted by atomic mass is 35.5. The second-order valence-electron chi connectivity index (χ2n) is 5.23. The van der Waals surface area contributed by atoms with E-state index in [1.54, 1.807) is 19.4 Å². The maximum Gasteiger partial charge on any atom is 0.128 e. The van der Waals surface area contributed by atoms with Gasteiger partial charge in [0.25, 0.3) is 0 Å². The van der Waals surface area contributed by atoms with E-state index < -0.39 is 0 Å². The van der Waals surface area contributed by atoms with Crippen LogP contribution in [0.4, 0.5) is 4.39 Å². The fourth-order valence-corrected chi connectivity index (χ4v) is 2.83. The first kappa shape index (κ1) is 14.1. The number of hydrogen-bond acceptors (Lipinski definition) is 2. The molecule has 2 heterocycles. The topological polar surface area (TPSA) is 35.6 Å². The summed E-state index contributed by atoms with van der Waals surface area (Å²) in [6, 6.07) is 3.45. The fraction of sp³-hybridized carbons (Fsp3) is 0.333. The lowest BCUT2D eigenvalue weighted by molar-refractivity contribution is 0.464. The summed E-state index contributed by atoms with van der Waals surface area (Å²) in [7, 11) is 0. The highest BCUT2D eigenvalue weighted by Gasteiger charge is 2.17. The number of nitrogens with zero attached hydrogens (tertiary/aromatic N) is 4. The van der Waals surface area contributed by atoms with Crippen molar-refractivity contribution in [1.82, 2.24) is 19.1 Å². The third-order valence-corrected chi connectivity index (χ3v) is 3.88. The Kier molecular flexibility index (Phi) is 3.68. The van der Waals surface area contributed by atoms with Crippen LogP contribution in [-0.4, -0.2) is 19.1 Å². The van der Waals surface area contributed by atoms with Crippen LogP contribution in [0.15, 0.2) is 30.9 Å². The molecule has 0 aliphatic heterocycles. The Hall–Kier alpha value is -1.88. The number of rotatable bonds is 4. The molecule has 3 rings (SSSR count). The summed E-state index contributed by atoms with van der Waals surface area (Å²) in [5.41, 5.74) is 2.17. The van der Waals surface area contributed by atoms with E-state index in [2.05, 4.69) is 21.5 Å². The second-order valence-corrected chi connectivity index (χ2v) is 5.50. The van der Waals surface area contributed by atoms with E-state index in [-0.39, 0.29) is 11.9 Å². The van der Waals surface area contributed by atoms with Crippen molar-refractivity contribution in [2.24, 2.45) is 0 Å². The third kappa shape index (κ3) is 2.53. The third-order valence-electron chi connectivity index (χ3n) is 3.64. The molecule has 0 saturated carbocycles. The molecule has 0 aliphatic rings. The summed E-state index contributed by atoms with van der Waals surface area (Å²) in [4.78, 5) is 8.50. The monoisotopic (exact) mass is 306 g/mol. The number of alkyl halides is 1. The quantitative estimate of drug-likeness (QED) is 0.689. The zero-order chi connectivity index (χ0) is 15.0. The molecule has 1 aromatic carbocycles. The Morgan fingerprint density at radius 1 is 1.38 bits per heavy atom. The molecule has 0 aliphatic carbocycles. The van der Waals surface area contributed by atoms with Gasteiger partial charge < -0.3 is 9.13 Å². The van der Waals surface area contributed by atoms with Gasteiger partial charge in [-0.15, -0.1) is 11.6 Å². The van der Waals surface area contributed by atoms with Crippen LogP contribution < -0.4 is 0 Å². The van der Waals surface area contributed by atoms with E-state index >= 15 is 0 Å². The van der Waals surface area contributed by atoms with Gasteiger partial charge in [-0.1, -0.05) is 0 Å². The predicted molar refractivity (Wildman–Crippen MR) is 80.9 cm³/mol. The lowest BCUT2D eigenvalue weighted by atomic mass is 10.2. The van der Waals surface area contributed by atoms with Gasteiger partial charge in [-0.3, -0.25) is 0 Å². The van der Waals surface area contributed by atoms with Crippen LogP contribution in [0, 0.1) is 12.7 Å². The zero-order valence-corrected chi connectivity index (χ0v) is 12.7. The van der Waals surface area contributed by atoms with Gasteiger partial charge in [0.1, 0.15) is 11.6 Å². The molecular weight excluding hydrogens is 291 g/mol. The molecule has 0 N–H and O–H groups in total. The van der Waals surface area contributed by atoms with Crippen molar-refractivity contribution in [2.75, 3.05) is 0 Å². The highest BCUT2D eigenvalue weighted by Crippen LogP contribution is 2.25. The van der Waals surface area contributed by atoms with Crippen molar-refractivity contribution in [1.29, 1.82) is 0 Å². The lowest BCUT2D eigenvalue weighted by Crippen LogP contribution is -2.14. The second kappa shape index (κ2) is 5.48. The normalized spacial score (nSPS) is 13.0. The summed E-state index contributed by atoms with van der Waals surface area (Å²) in [6.45, 7) is 4.61. The Bertz CT molecular complexity index is 764. The van der Waals surface area contributed by atoms with Crippen molar-refractivity contribution < 1.29 is 4.39 Å². The number of hydrogen-bond donors (Lipinski definition) is 0. The number of aromatic nitrogens is 4. The summed E-state index contributed by atoms with van der Waals surface area (Å²) in [5, 5.41) is 0. The van der Waals surface area contributed by atoms with Crippen molar-refractivity contribution in [3.8, 4) is 0 Å². The van der Waals surface area contributed by atoms with Crippen LogP contribution in [0.5, 0.6) is 0 Å². The molecule has 0 amide bonds. The largest absolute Gasteiger partial charge is 0.335 e. The van der Waals surface area contributed by atoms with E-state index in [0.717, 1.165) is 17.9 Å². The maximum atomic E-state index is 13.7. The standard InChI is InChI=1S/C15H16ClFN4/c1-10-5-14-13(6-12(10)17)19-15(7-16)21(14)11(2)8-20-4-3-18-9-20/h3-6,9,11H,7-8H2,1-2H3. The zero-order valence-electron chi connectivity index (χ0n) is 11.9. The molecule has 4 nitrogen and oxygen atoms in total. The molecule has 0 fully saturated rings. The van der Waals surface area contributed by atoms with Crippen molar-refractivity contribution in [2.45, 2.75) is 32.3 Å². The summed E-state index contributed by atoms with van der Waals surface area (Å²) < 4.78 is 17.8. The van der Waals surface area contributed by atoms with Crippen molar-refractivity contribution >= 4 is 22.6 Å². The molecule has 0 bridgehead atoms. The Morgan fingerprint density at radius 2 is 2.19 bits per heavy atom. The molecule has 3 aromatic rings. The number of halogens is 2. The van der Waals surface area contributed by atoms with Crippen LogP contribution >= 0.6 is 11.6 Å². The van der Waals surface area contributed by atoms with Gasteiger partial charge in [0.05, 0.1) is 29.3 Å². The first-order valence-electron chi connectivity index (χ1n) is 6.79. The van der Waals surface area contributed by atoms with E-state index in [0.29, 0.717) is 17.0 Å². The Morgan fingerprint density at radius 3 is 2.86 bits per heavy atom. The SMILES string of the molecule is Cc1cc2c(cc1F)nc(CCl)n2C(C)Cn1ccnc1. The number of benzene rings is 1. The molecular formula is C15H16ClFN4. The van der Waals surface area contributed by atoms with Gasteiger partial charge in [0.2, 0.25) is 0 Å². The summed E-state index contributed by atoms with van der Waals surface area (Å²) >= 11 is 6.01. The Balaban J connectivity index is 2.09. The van der Waals surface area contributed by atoms with Gasteiger partial charge in [-0.05, 0) is 25.5 Å². The van der Waals surface area contributed by atoms with Gasteiger partial charge >= 0.3 is 0 Å². The molecule has 21 heavy (non-hydrogen) atoms. The lowest BCUT2D eigenvalue weighted by Gasteiger charge is -2.17. The molecule has 0 radical (unpaired) electrons. The van der Waals surface area contributed by atoms with Crippen LogP contribution in [0.25, 0.3) is 11.0 Å². The van der Waals surface area contributed by atoms with Gasteiger partial charge in [0, 0.05) is 25.0 Å². The van der Waals surface area contributed by atoms with E-state index in [1.807, 2.05) is 16.8 Å². The van der Waals surface area contributed by atoms with E-state index in [4.69, 9.17) is 11.6 Å². The van der Waals surface area contributed by atoms with Crippen LogP contribution in [0.3, 0.4) is 0 Å².